The van der Waals surface area contributed by atoms with Crippen molar-refractivity contribution in [1.82, 2.24) is 9.62 Å². The summed E-state index contributed by atoms with van der Waals surface area (Å²) in [5.41, 5.74) is 8.36. The molecular formula is C25H34ClN3O5S. The average Bonchev–Trinajstić information content (AvgIpc) is 2.83. The monoisotopic (exact) mass is 523 g/mol. The number of anilines is 1. The lowest BCUT2D eigenvalue weighted by atomic mass is 9.78. The van der Waals surface area contributed by atoms with Gasteiger partial charge in [0.15, 0.2) is 0 Å². The van der Waals surface area contributed by atoms with Gasteiger partial charge in [-0.3, -0.25) is 0 Å². The van der Waals surface area contributed by atoms with Crippen molar-refractivity contribution in [2.75, 3.05) is 45.3 Å². The van der Waals surface area contributed by atoms with Crippen LogP contribution in [-0.2, 0) is 21.4 Å². The number of hydrogen-bond donors (Lipinski definition) is 2. The third kappa shape index (κ3) is 8.10. The predicted molar refractivity (Wildman–Crippen MR) is 139 cm³/mol. The number of piperidine rings is 1. The summed E-state index contributed by atoms with van der Waals surface area (Å²) in [6.07, 6.45) is 4.23. The number of benzene rings is 2. The molecule has 1 fully saturated rings. The molecule has 0 aromatic heterocycles. The Balaban J connectivity index is 1.73. The lowest BCUT2D eigenvalue weighted by Crippen LogP contribution is -2.40. The number of aldehydes is 1. The molecule has 0 spiro atoms. The SMILES string of the molecule is COc1cccc(COc2cc(N)c(Cl)cc2C(CC=O)C2CCN(CCNS(C)(=O)=O)CC2)c1. The molecule has 1 aliphatic heterocycles. The van der Waals surface area contributed by atoms with Crippen LogP contribution in [0.3, 0.4) is 0 Å². The molecule has 1 saturated heterocycles. The van der Waals surface area contributed by atoms with E-state index in [-0.39, 0.29) is 11.8 Å². The smallest absolute Gasteiger partial charge is 0.208 e. The Hall–Kier alpha value is -2.33. The van der Waals surface area contributed by atoms with Gasteiger partial charge >= 0.3 is 0 Å². The summed E-state index contributed by atoms with van der Waals surface area (Å²) in [4.78, 5) is 13.9. The zero-order chi connectivity index (χ0) is 25.4. The van der Waals surface area contributed by atoms with Crippen molar-refractivity contribution in [3.8, 4) is 11.5 Å². The average molecular weight is 524 g/mol. The predicted octanol–water partition coefficient (Wildman–Crippen LogP) is 3.44. The molecule has 0 amide bonds. The Kier molecular flexibility index (Phi) is 9.80. The number of likely N-dealkylation sites (tertiary alicyclic amines) is 1. The van der Waals surface area contributed by atoms with E-state index in [1.54, 1.807) is 13.2 Å². The van der Waals surface area contributed by atoms with Crippen molar-refractivity contribution in [2.24, 2.45) is 5.92 Å². The number of nitrogen functional groups attached to an aromatic ring is 1. The molecule has 3 rings (SSSR count). The highest BCUT2D eigenvalue weighted by atomic mass is 35.5. The second-order valence-corrected chi connectivity index (χ2v) is 11.1. The topological polar surface area (TPSA) is 111 Å². The van der Waals surface area contributed by atoms with Gasteiger partial charge in [0, 0.05) is 25.6 Å². The number of rotatable bonds is 12. The zero-order valence-corrected chi connectivity index (χ0v) is 21.8. The first-order chi connectivity index (χ1) is 16.7. The maximum atomic E-state index is 11.7. The molecule has 0 aliphatic carbocycles. The van der Waals surface area contributed by atoms with Gasteiger partial charge in [0.2, 0.25) is 10.0 Å². The Morgan fingerprint density at radius 1 is 1.26 bits per heavy atom. The Bertz CT molecular complexity index is 1100. The first kappa shape index (κ1) is 27.3. The Morgan fingerprint density at radius 2 is 2.00 bits per heavy atom. The summed E-state index contributed by atoms with van der Waals surface area (Å²) < 4.78 is 36.6. The molecule has 0 saturated carbocycles. The van der Waals surface area contributed by atoms with Gasteiger partial charge in [0.05, 0.1) is 24.1 Å². The van der Waals surface area contributed by atoms with Crippen LogP contribution in [0.5, 0.6) is 11.5 Å². The fourth-order valence-corrected chi connectivity index (χ4v) is 5.20. The molecule has 0 bridgehead atoms. The summed E-state index contributed by atoms with van der Waals surface area (Å²) in [5.74, 6) is 1.58. The third-order valence-corrected chi connectivity index (χ3v) is 7.46. The number of carbonyl (C=O) groups is 1. The van der Waals surface area contributed by atoms with E-state index >= 15 is 0 Å². The number of halogens is 1. The van der Waals surface area contributed by atoms with Gasteiger partial charge in [-0.05, 0) is 67.1 Å². The van der Waals surface area contributed by atoms with Gasteiger partial charge in [-0.2, -0.15) is 0 Å². The van der Waals surface area contributed by atoms with Crippen molar-refractivity contribution in [3.63, 3.8) is 0 Å². The number of ether oxygens (including phenoxy) is 2. The molecule has 1 heterocycles. The molecule has 35 heavy (non-hydrogen) atoms. The van der Waals surface area contributed by atoms with Gasteiger partial charge in [0.25, 0.3) is 0 Å². The lowest BCUT2D eigenvalue weighted by Gasteiger charge is -2.36. The van der Waals surface area contributed by atoms with E-state index < -0.39 is 10.0 Å². The third-order valence-electron chi connectivity index (χ3n) is 6.40. The standard InChI is InChI=1S/C25H34ClN3O5S/c1-33-20-5-3-4-18(14-20)17-34-25-16-24(27)23(26)15-22(25)21(8-13-30)19-6-10-29(11-7-19)12-9-28-35(2,31)32/h3-5,13-16,19,21,28H,6-12,17,27H2,1-2H3. The van der Waals surface area contributed by atoms with Crippen LogP contribution in [-0.4, -0.2) is 59.1 Å². The molecule has 3 N–H and O–H groups in total. The van der Waals surface area contributed by atoms with E-state index in [9.17, 15) is 13.2 Å². The highest BCUT2D eigenvalue weighted by molar-refractivity contribution is 7.88. The van der Waals surface area contributed by atoms with Gasteiger partial charge in [0.1, 0.15) is 24.4 Å². The quantitative estimate of drug-likeness (QED) is 0.324. The van der Waals surface area contributed by atoms with Crippen molar-refractivity contribution in [2.45, 2.75) is 31.8 Å². The first-order valence-corrected chi connectivity index (χ1v) is 13.9. The van der Waals surface area contributed by atoms with Crippen molar-refractivity contribution in [1.29, 1.82) is 0 Å². The highest BCUT2D eigenvalue weighted by Crippen LogP contribution is 2.42. The summed E-state index contributed by atoms with van der Waals surface area (Å²) in [5, 5.41) is 0.439. The molecule has 0 radical (unpaired) electrons. The number of nitrogens with one attached hydrogen (secondary N) is 1. The fourth-order valence-electron chi connectivity index (χ4n) is 4.57. The maximum absolute atomic E-state index is 11.7. The number of hydrogen-bond acceptors (Lipinski definition) is 7. The van der Waals surface area contributed by atoms with Crippen LogP contribution in [0.1, 0.15) is 36.3 Å². The molecule has 1 aliphatic rings. The van der Waals surface area contributed by atoms with Crippen LogP contribution in [0.4, 0.5) is 5.69 Å². The van der Waals surface area contributed by atoms with Gasteiger partial charge in [-0.25, -0.2) is 13.1 Å². The minimum absolute atomic E-state index is 0.0535. The van der Waals surface area contributed by atoms with Crippen LogP contribution < -0.4 is 19.9 Å². The number of carbonyl (C=O) groups excluding carboxylic acids is 1. The normalized spacial score (nSPS) is 16.1. The van der Waals surface area contributed by atoms with Gasteiger partial charge in [-0.15, -0.1) is 0 Å². The molecule has 10 heteroatoms. The van der Waals surface area contributed by atoms with E-state index in [1.165, 1.54) is 0 Å². The van der Waals surface area contributed by atoms with Crippen LogP contribution in [0.25, 0.3) is 0 Å². The molecule has 8 nitrogen and oxygen atoms in total. The van der Waals surface area contributed by atoms with Crippen LogP contribution in [0, 0.1) is 5.92 Å². The van der Waals surface area contributed by atoms with Crippen LogP contribution in [0.2, 0.25) is 5.02 Å². The Morgan fingerprint density at radius 3 is 2.66 bits per heavy atom. The minimum atomic E-state index is -3.19. The zero-order valence-electron chi connectivity index (χ0n) is 20.2. The number of methoxy groups -OCH3 is 1. The molecule has 2 aromatic rings. The Labute approximate surface area is 212 Å². The minimum Gasteiger partial charge on any atom is -0.497 e. The summed E-state index contributed by atoms with van der Waals surface area (Å²) in [6, 6.07) is 11.2. The van der Waals surface area contributed by atoms with E-state index in [4.69, 9.17) is 26.8 Å². The second-order valence-electron chi connectivity index (χ2n) is 8.91. The van der Waals surface area contributed by atoms with Crippen molar-refractivity contribution < 1.29 is 22.7 Å². The summed E-state index contributed by atoms with van der Waals surface area (Å²) in [7, 11) is -1.57. The van der Waals surface area contributed by atoms with Crippen LogP contribution in [0.15, 0.2) is 36.4 Å². The maximum Gasteiger partial charge on any atom is 0.208 e. The van der Waals surface area contributed by atoms with Crippen LogP contribution >= 0.6 is 11.6 Å². The number of nitrogens with two attached hydrogens (primary N) is 1. The highest BCUT2D eigenvalue weighted by Gasteiger charge is 2.30. The lowest BCUT2D eigenvalue weighted by molar-refractivity contribution is -0.108. The molecule has 1 unspecified atom stereocenters. The number of sulfonamides is 1. The van der Waals surface area contributed by atoms with Crippen molar-refractivity contribution in [3.05, 3.63) is 52.5 Å². The molecule has 1 atom stereocenters. The summed E-state index contributed by atoms with van der Waals surface area (Å²) in [6.45, 7) is 3.02. The van der Waals surface area contributed by atoms with Crippen molar-refractivity contribution >= 4 is 33.6 Å². The second kappa shape index (κ2) is 12.6. The molecule has 2 aromatic carbocycles. The first-order valence-electron chi connectivity index (χ1n) is 11.7. The van der Waals surface area contributed by atoms with E-state index in [2.05, 4.69) is 9.62 Å². The van der Waals surface area contributed by atoms with E-state index in [0.717, 1.165) is 55.3 Å². The van der Waals surface area contributed by atoms with Gasteiger partial charge < -0.3 is 24.9 Å². The number of nitrogens with zero attached hydrogens (tertiary/aromatic N) is 1. The van der Waals surface area contributed by atoms with E-state index in [0.29, 0.717) is 42.6 Å². The fraction of sp³-hybridized carbons (Fsp3) is 0.480. The molecular weight excluding hydrogens is 490 g/mol. The van der Waals surface area contributed by atoms with E-state index in [1.807, 2.05) is 30.3 Å². The summed E-state index contributed by atoms with van der Waals surface area (Å²) >= 11 is 6.39. The molecule has 192 valence electrons. The largest absolute Gasteiger partial charge is 0.497 e. The van der Waals surface area contributed by atoms with Gasteiger partial charge in [-0.1, -0.05) is 23.7 Å².